The number of benzene rings is 1. The second-order valence-corrected chi connectivity index (χ2v) is 5.04. The maximum absolute atomic E-state index is 14.0. The Morgan fingerprint density at radius 3 is 2.94 bits per heavy atom. The molecule has 0 aliphatic heterocycles. The van der Waals surface area contributed by atoms with E-state index in [1.807, 2.05) is 0 Å². The van der Waals surface area contributed by atoms with E-state index in [1.165, 1.54) is 0 Å². The summed E-state index contributed by atoms with van der Waals surface area (Å²) in [6.07, 6.45) is 3.24. The van der Waals surface area contributed by atoms with Crippen LogP contribution in [0.15, 0.2) is 44.2 Å². The van der Waals surface area contributed by atoms with Crippen LogP contribution < -0.4 is 5.73 Å². The molecule has 0 fully saturated rings. The van der Waals surface area contributed by atoms with Gasteiger partial charge in [-0.2, -0.15) is 0 Å². The van der Waals surface area contributed by atoms with Gasteiger partial charge in [-0.25, -0.2) is 9.37 Å². The molecule has 8 heteroatoms. The van der Waals surface area contributed by atoms with Crippen molar-refractivity contribution in [3.8, 4) is 0 Å². The Hall–Kier alpha value is -1.54. The molecule has 0 bridgehead atoms. The molecule has 94 valence electrons. The van der Waals surface area contributed by atoms with Gasteiger partial charge in [0.1, 0.15) is 0 Å². The highest BCUT2D eigenvalue weighted by Crippen LogP contribution is 2.32. The maximum atomic E-state index is 14.0. The molecule has 0 radical (unpaired) electrons. The predicted molar refractivity (Wildman–Crippen MR) is 69.3 cm³/mol. The smallest absolute Gasteiger partial charge is 0.171 e. The zero-order chi connectivity index (χ0) is 13.1. The molecule has 0 atom stereocenters. The van der Waals surface area contributed by atoms with Gasteiger partial charge >= 0.3 is 0 Å². The third kappa shape index (κ3) is 2.49. The van der Waals surface area contributed by atoms with E-state index in [0.29, 0.717) is 15.6 Å². The molecule has 1 aromatic heterocycles. The van der Waals surface area contributed by atoms with Gasteiger partial charge < -0.3 is 15.9 Å². The average Bonchev–Trinajstić information content (AvgIpc) is 2.87. The minimum Gasteiger partial charge on any atom is -0.409 e. The molecule has 18 heavy (non-hydrogen) atoms. The number of aromatic nitrogens is 2. The van der Waals surface area contributed by atoms with Gasteiger partial charge in [0.05, 0.1) is 9.37 Å². The lowest BCUT2D eigenvalue weighted by molar-refractivity contribution is 0.318. The molecule has 1 aromatic carbocycles. The molecule has 2 aromatic rings. The van der Waals surface area contributed by atoms with Gasteiger partial charge in [-0.05, 0) is 39.8 Å². The highest BCUT2D eigenvalue weighted by Gasteiger charge is 2.15. The van der Waals surface area contributed by atoms with Crippen LogP contribution in [0.1, 0.15) is 5.56 Å². The first-order chi connectivity index (χ1) is 8.63. The van der Waals surface area contributed by atoms with Crippen molar-refractivity contribution >= 4 is 33.5 Å². The molecule has 5 nitrogen and oxygen atoms in total. The number of hydrogen-bond acceptors (Lipinski definition) is 4. The zero-order valence-corrected chi connectivity index (χ0v) is 11.3. The van der Waals surface area contributed by atoms with Crippen molar-refractivity contribution in [2.75, 3.05) is 0 Å². The standard InChI is InChI=1S/C10H8BrFN4OS/c11-7-5(9(13)16-17)1-2-6(8(7)12)18-10-14-3-4-15-10/h1-4,17H,(H2,13,16)(H,14,15). The number of rotatable bonds is 3. The number of nitrogens with one attached hydrogen (secondary N) is 1. The number of nitrogens with two attached hydrogens (primary N) is 1. The quantitative estimate of drug-likeness (QED) is 0.349. The minimum absolute atomic E-state index is 0.148. The first-order valence-electron chi connectivity index (χ1n) is 4.76. The predicted octanol–water partition coefficient (Wildman–Crippen LogP) is 2.56. The summed E-state index contributed by atoms with van der Waals surface area (Å²) in [7, 11) is 0. The van der Waals surface area contributed by atoms with Gasteiger partial charge in [0.2, 0.25) is 0 Å². The van der Waals surface area contributed by atoms with E-state index in [1.54, 1.807) is 24.5 Å². The fraction of sp³-hybridized carbons (Fsp3) is 0. The topological polar surface area (TPSA) is 87.3 Å². The Morgan fingerprint density at radius 2 is 2.33 bits per heavy atom. The van der Waals surface area contributed by atoms with Gasteiger partial charge in [-0.1, -0.05) is 5.16 Å². The molecule has 0 amide bonds. The molecule has 4 N–H and O–H groups in total. The van der Waals surface area contributed by atoms with Crippen molar-refractivity contribution in [2.45, 2.75) is 10.1 Å². The van der Waals surface area contributed by atoms with Gasteiger partial charge in [0.15, 0.2) is 16.8 Å². The van der Waals surface area contributed by atoms with E-state index in [9.17, 15) is 4.39 Å². The van der Waals surface area contributed by atoms with Crippen molar-refractivity contribution in [1.29, 1.82) is 0 Å². The lowest BCUT2D eigenvalue weighted by atomic mass is 10.2. The monoisotopic (exact) mass is 330 g/mol. The number of oxime groups is 1. The summed E-state index contributed by atoms with van der Waals surface area (Å²) in [4.78, 5) is 7.24. The van der Waals surface area contributed by atoms with Crippen LogP contribution in [0.5, 0.6) is 0 Å². The molecule has 0 unspecified atom stereocenters. The average molecular weight is 331 g/mol. The van der Waals surface area contributed by atoms with Crippen molar-refractivity contribution in [2.24, 2.45) is 10.9 Å². The molecule has 0 saturated heterocycles. The number of hydrogen-bond donors (Lipinski definition) is 3. The van der Waals surface area contributed by atoms with Crippen LogP contribution in [0.25, 0.3) is 0 Å². The number of nitrogens with zero attached hydrogens (tertiary/aromatic N) is 2. The van der Waals surface area contributed by atoms with Gasteiger partial charge in [0.25, 0.3) is 0 Å². The number of aromatic amines is 1. The van der Waals surface area contributed by atoms with Crippen LogP contribution in [-0.4, -0.2) is 21.0 Å². The SMILES string of the molecule is N/C(=N/O)c1ccc(Sc2ncc[nH]2)c(F)c1Br. The first kappa shape index (κ1) is 12.9. The van der Waals surface area contributed by atoms with E-state index >= 15 is 0 Å². The fourth-order valence-electron chi connectivity index (χ4n) is 1.27. The van der Waals surface area contributed by atoms with Crippen LogP contribution in [0.2, 0.25) is 0 Å². The molecule has 2 rings (SSSR count). The van der Waals surface area contributed by atoms with E-state index < -0.39 is 5.82 Å². The van der Waals surface area contributed by atoms with Crippen molar-refractivity contribution in [3.05, 3.63) is 40.4 Å². The fourth-order valence-corrected chi connectivity index (χ4v) is 2.73. The maximum Gasteiger partial charge on any atom is 0.171 e. The van der Waals surface area contributed by atoms with Gasteiger partial charge in [0, 0.05) is 18.0 Å². The Morgan fingerprint density at radius 1 is 1.56 bits per heavy atom. The van der Waals surface area contributed by atoms with Crippen molar-refractivity contribution < 1.29 is 9.60 Å². The van der Waals surface area contributed by atoms with E-state index in [0.717, 1.165) is 11.8 Å². The van der Waals surface area contributed by atoms with Crippen LogP contribution >= 0.6 is 27.7 Å². The number of H-pyrrole nitrogens is 1. The Balaban J connectivity index is 2.38. The second-order valence-electron chi connectivity index (χ2n) is 3.22. The molecular weight excluding hydrogens is 323 g/mol. The summed E-state index contributed by atoms with van der Waals surface area (Å²) in [5.41, 5.74) is 5.72. The highest BCUT2D eigenvalue weighted by molar-refractivity contribution is 9.10. The Bertz CT molecular complexity index is 588. The molecule has 0 aliphatic rings. The Labute approximate surface area is 114 Å². The number of imidazole rings is 1. The number of halogens is 2. The van der Waals surface area contributed by atoms with Crippen LogP contribution in [-0.2, 0) is 0 Å². The third-order valence-electron chi connectivity index (χ3n) is 2.11. The number of amidine groups is 1. The highest BCUT2D eigenvalue weighted by atomic mass is 79.9. The lowest BCUT2D eigenvalue weighted by Crippen LogP contribution is -2.14. The molecule has 1 heterocycles. The summed E-state index contributed by atoms with van der Waals surface area (Å²) in [6.45, 7) is 0. The molecule has 0 saturated carbocycles. The van der Waals surface area contributed by atoms with E-state index in [-0.39, 0.29) is 10.3 Å². The van der Waals surface area contributed by atoms with Crippen LogP contribution in [0, 0.1) is 5.82 Å². The third-order valence-corrected chi connectivity index (χ3v) is 3.84. The molecule has 0 spiro atoms. The van der Waals surface area contributed by atoms with Crippen molar-refractivity contribution in [3.63, 3.8) is 0 Å². The summed E-state index contributed by atoms with van der Waals surface area (Å²) in [6, 6.07) is 3.11. The zero-order valence-electron chi connectivity index (χ0n) is 8.89. The first-order valence-corrected chi connectivity index (χ1v) is 6.37. The Kier molecular flexibility index (Phi) is 3.87. The summed E-state index contributed by atoms with van der Waals surface area (Å²) in [5, 5.41) is 12.0. The normalized spacial score (nSPS) is 11.8. The summed E-state index contributed by atoms with van der Waals surface area (Å²) in [5.74, 6) is -0.643. The van der Waals surface area contributed by atoms with Crippen molar-refractivity contribution in [1.82, 2.24) is 9.97 Å². The van der Waals surface area contributed by atoms with Crippen LogP contribution in [0.4, 0.5) is 4.39 Å². The summed E-state index contributed by atoms with van der Waals surface area (Å²) >= 11 is 4.23. The second kappa shape index (κ2) is 5.40. The minimum atomic E-state index is -0.486. The van der Waals surface area contributed by atoms with E-state index in [4.69, 9.17) is 10.9 Å². The largest absolute Gasteiger partial charge is 0.409 e. The van der Waals surface area contributed by atoms with E-state index in [2.05, 4.69) is 31.1 Å². The molecule has 0 aliphatic carbocycles. The lowest BCUT2D eigenvalue weighted by Gasteiger charge is -2.07. The molecular formula is C10H8BrFN4OS. The summed E-state index contributed by atoms with van der Waals surface area (Å²) < 4.78 is 14.2. The van der Waals surface area contributed by atoms with Gasteiger partial charge in [-0.15, -0.1) is 0 Å². The van der Waals surface area contributed by atoms with Gasteiger partial charge in [-0.3, -0.25) is 0 Å². The van der Waals surface area contributed by atoms with Crippen LogP contribution in [0.3, 0.4) is 0 Å².